The number of allylic oxidation sites excluding steroid dienone is 3. The van der Waals surface area contributed by atoms with Gasteiger partial charge in [-0.05, 0) is 101 Å². The van der Waals surface area contributed by atoms with Crippen molar-refractivity contribution >= 4 is 39.8 Å². The molecule has 1 aromatic carbocycles. The number of ether oxygens (including phenoxy) is 6. The second-order valence-electron chi connectivity index (χ2n) is 19.8. The number of nitrogens with one attached hydrogen (secondary N) is 1. The normalized spacial score (nSPS) is 35.6. The molecular formula is C51H76N2O16S. The SMILES string of the molecule is CC[C@@H]1/C=C(\C)C[C@H](C)C[C@H](OC)[C@H]2O[C@@](O)(C(=O)C(=O)N3CCCC[C@H]3C(=O)OC(/C(C)=C/[C@@H]3CC[C@H](OS(=O)(=O)NC(=O)OCc4ccccc4)[C@H](OC)C3)[C@H](C)[C@@H](O)CC1=O)[C@H](C)C[C@@H]2OC. The lowest BCUT2D eigenvalue weighted by Gasteiger charge is -2.47. The van der Waals surface area contributed by atoms with Gasteiger partial charge in [-0.3, -0.25) is 14.4 Å². The molecule has 19 heteroatoms. The van der Waals surface area contributed by atoms with Crippen LogP contribution in [0, 0.1) is 29.6 Å². The molecule has 2 bridgehead atoms. The molecule has 18 nitrogen and oxygen atoms in total. The molecular weight excluding hydrogens is 929 g/mol. The third-order valence-corrected chi connectivity index (χ3v) is 15.5. The summed E-state index contributed by atoms with van der Waals surface area (Å²) in [7, 11) is -0.178. The van der Waals surface area contributed by atoms with Crippen LogP contribution in [0.3, 0.4) is 0 Å². The first-order valence-corrected chi connectivity index (χ1v) is 26.1. The molecule has 1 aliphatic carbocycles. The van der Waals surface area contributed by atoms with Crippen LogP contribution in [0.25, 0.3) is 0 Å². The van der Waals surface area contributed by atoms with Crippen LogP contribution in [0.2, 0.25) is 0 Å². The summed E-state index contributed by atoms with van der Waals surface area (Å²) < 4.78 is 68.1. The van der Waals surface area contributed by atoms with Gasteiger partial charge in [-0.1, -0.05) is 75.8 Å². The lowest BCUT2D eigenvalue weighted by atomic mass is 9.81. The lowest BCUT2D eigenvalue weighted by molar-refractivity contribution is -0.302. The zero-order valence-corrected chi connectivity index (χ0v) is 43.0. The second-order valence-corrected chi connectivity index (χ2v) is 21.1. The Morgan fingerprint density at radius 2 is 1.59 bits per heavy atom. The molecule has 2 amide bonds. The number of aliphatic hydroxyl groups is 2. The van der Waals surface area contributed by atoms with E-state index in [0.29, 0.717) is 49.7 Å². The minimum Gasteiger partial charge on any atom is -0.456 e. The van der Waals surface area contributed by atoms with Gasteiger partial charge < -0.3 is 43.5 Å². The summed E-state index contributed by atoms with van der Waals surface area (Å²) in [6, 6.07) is 7.51. The number of esters is 1. The van der Waals surface area contributed by atoms with Crippen molar-refractivity contribution in [3.63, 3.8) is 0 Å². The fourth-order valence-electron chi connectivity index (χ4n) is 10.5. The quantitative estimate of drug-likeness (QED) is 0.138. The number of hydrogen-bond acceptors (Lipinski definition) is 16. The molecule has 392 valence electrons. The number of benzene rings is 1. The summed E-state index contributed by atoms with van der Waals surface area (Å²) in [5.41, 5.74) is 2.13. The van der Waals surface area contributed by atoms with Gasteiger partial charge >= 0.3 is 22.4 Å². The van der Waals surface area contributed by atoms with Gasteiger partial charge in [0.05, 0.1) is 24.4 Å². The minimum atomic E-state index is -4.61. The minimum absolute atomic E-state index is 0.0138. The number of amides is 2. The molecule has 14 atom stereocenters. The van der Waals surface area contributed by atoms with Crippen LogP contribution in [0.4, 0.5) is 4.79 Å². The summed E-state index contributed by atoms with van der Waals surface area (Å²) in [4.78, 5) is 70.7. The summed E-state index contributed by atoms with van der Waals surface area (Å²) in [5.74, 6) is -8.41. The van der Waals surface area contributed by atoms with E-state index in [-0.39, 0.29) is 62.9 Å². The maximum atomic E-state index is 14.5. The van der Waals surface area contributed by atoms with E-state index in [1.54, 1.807) is 55.8 Å². The van der Waals surface area contributed by atoms with E-state index in [4.69, 9.17) is 32.6 Å². The number of rotatable bonds is 11. The Morgan fingerprint density at radius 1 is 0.914 bits per heavy atom. The van der Waals surface area contributed by atoms with Crippen molar-refractivity contribution in [2.45, 2.75) is 173 Å². The standard InChI is InChI=1S/C51H76N2O16S/c1-10-37-23-30(2)22-31(3)24-43(64-8)46-44(65-9)26-33(5)51(60,68-46)47(56)48(57)53-21-15-14-18-38(53)49(58)67-45(34(6)39(54)28-40(37)55)32(4)25-36-19-20-41(42(27-36)63-7)69-70(61,62)52-50(59)66-29-35-16-12-11-13-17-35/h11-13,16-17,23,25,31,33-34,36-39,41-46,54,60H,10,14-15,18-22,24,26-29H2,1-9H3,(H,52,59)/b30-23+,32-25+/t31-,33+,34+,36-,37+,38-,39-,41-,42+,43-,44-,45?,46+,51+/m0/s1. The number of ketones is 2. The number of Topliss-reactive ketones (excluding diaryl/α,β-unsaturated/α-hetero) is 2. The highest BCUT2D eigenvalue weighted by Gasteiger charge is 2.56. The van der Waals surface area contributed by atoms with Gasteiger partial charge in [0.1, 0.15) is 36.7 Å². The fraction of sp³-hybridized carbons (Fsp3) is 0.706. The number of aliphatic hydroxyl groups excluding tert-OH is 1. The van der Waals surface area contributed by atoms with Gasteiger partial charge in [0, 0.05) is 52.0 Å². The molecule has 1 aromatic rings. The summed E-state index contributed by atoms with van der Waals surface area (Å²) in [6.45, 7) is 10.8. The number of piperidine rings is 1. The van der Waals surface area contributed by atoms with Crippen molar-refractivity contribution in [2.24, 2.45) is 29.6 Å². The largest absolute Gasteiger partial charge is 0.456 e. The van der Waals surface area contributed by atoms with E-state index in [1.165, 1.54) is 21.3 Å². The second kappa shape index (κ2) is 25.5. The first kappa shape index (κ1) is 56.8. The zero-order valence-electron chi connectivity index (χ0n) is 42.2. The average molecular weight is 1010 g/mol. The monoisotopic (exact) mass is 1000 g/mol. The molecule has 0 aromatic heterocycles. The van der Waals surface area contributed by atoms with Gasteiger partial charge in [0.15, 0.2) is 0 Å². The maximum Gasteiger partial charge on any atom is 0.423 e. The highest BCUT2D eigenvalue weighted by Crippen LogP contribution is 2.39. The first-order chi connectivity index (χ1) is 33.1. The van der Waals surface area contributed by atoms with Crippen LogP contribution < -0.4 is 4.72 Å². The van der Waals surface area contributed by atoms with E-state index in [2.05, 4.69) is 0 Å². The molecule has 1 saturated carbocycles. The van der Waals surface area contributed by atoms with Crippen LogP contribution in [0.5, 0.6) is 0 Å². The number of methoxy groups -OCH3 is 3. The van der Waals surface area contributed by atoms with Crippen molar-refractivity contribution < 1.29 is 75.2 Å². The first-order valence-electron chi connectivity index (χ1n) is 24.7. The predicted molar refractivity (Wildman–Crippen MR) is 256 cm³/mol. The van der Waals surface area contributed by atoms with Crippen LogP contribution >= 0.6 is 0 Å². The van der Waals surface area contributed by atoms with Crippen molar-refractivity contribution in [1.29, 1.82) is 0 Å². The van der Waals surface area contributed by atoms with Crippen molar-refractivity contribution in [3.05, 3.63) is 59.2 Å². The van der Waals surface area contributed by atoms with Gasteiger partial charge in [0.25, 0.3) is 11.7 Å². The fourth-order valence-corrected chi connectivity index (χ4v) is 11.4. The topological polar surface area (TPSA) is 240 Å². The van der Waals surface area contributed by atoms with Crippen LogP contribution in [0.1, 0.15) is 118 Å². The van der Waals surface area contributed by atoms with E-state index >= 15 is 0 Å². The Hall–Kier alpha value is -4.08. The highest BCUT2D eigenvalue weighted by molar-refractivity contribution is 7.85. The van der Waals surface area contributed by atoms with Crippen LogP contribution in [0.15, 0.2) is 53.6 Å². The molecule has 0 spiro atoms. The van der Waals surface area contributed by atoms with Gasteiger partial charge in [-0.2, -0.15) is 13.1 Å². The van der Waals surface area contributed by atoms with Crippen molar-refractivity contribution in [3.8, 4) is 0 Å². The van der Waals surface area contributed by atoms with Gasteiger partial charge in [-0.15, -0.1) is 0 Å². The molecule has 3 aliphatic heterocycles. The highest BCUT2D eigenvalue weighted by atomic mass is 32.2. The Morgan fingerprint density at radius 3 is 2.24 bits per heavy atom. The third kappa shape index (κ3) is 14.5. The van der Waals surface area contributed by atoms with Crippen molar-refractivity contribution in [2.75, 3.05) is 27.9 Å². The smallest absolute Gasteiger partial charge is 0.423 e. The summed E-state index contributed by atoms with van der Waals surface area (Å²) in [6.07, 6.45) is -0.272. The summed E-state index contributed by atoms with van der Waals surface area (Å²) in [5, 5.41) is 23.9. The molecule has 1 unspecified atom stereocenters. The predicted octanol–water partition coefficient (Wildman–Crippen LogP) is 5.67. The van der Waals surface area contributed by atoms with Crippen LogP contribution in [-0.4, -0.2) is 135 Å². The third-order valence-electron chi connectivity index (χ3n) is 14.5. The Labute approximate surface area is 413 Å². The number of fused-ring (bicyclic) bond motifs is 3. The van der Waals surface area contributed by atoms with E-state index in [1.807, 2.05) is 32.9 Å². The summed E-state index contributed by atoms with van der Waals surface area (Å²) >= 11 is 0. The number of nitrogens with zero attached hydrogens (tertiary/aromatic N) is 1. The molecule has 70 heavy (non-hydrogen) atoms. The van der Waals surface area contributed by atoms with Crippen molar-refractivity contribution in [1.82, 2.24) is 9.62 Å². The Balaban J connectivity index is 1.42. The Bertz CT molecular complexity index is 2130. The molecule has 3 N–H and O–H groups in total. The number of carbonyl (C=O) groups excluding carboxylic acids is 5. The maximum absolute atomic E-state index is 14.5. The van der Waals surface area contributed by atoms with Crippen LogP contribution in [-0.2, 0) is 68.7 Å². The molecule has 3 heterocycles. The molecule has 5 rings (SSSR count). The van der Waals surface area contributed by atoms with Gasteiger partial charge in [-0.25, -0.2) is 13.8 Å². The lowest BCUT2D eigenvalue weighted by Crippen LogP contribution is -2.64. The number of cyclic esters (lactones) is 1. The molecule has 3 fully saturated rings. The average Bonchev–Trinajstić information content (AvgIpc) is 3.33. The zero-order chi connectivity index (χ0) is 51.5. The van der Waals surface area contributed by atoms with E-state index < -0.39 is 106 Å². The molecule has 4 aliphatic rings. The molecule has 0 radical (unpaired) electrons. The van der Waals surface area contributed by atoms with E-state index in [9.17, 15) is 42.6 Å². The van der Waals surface area contributed by atoms with Gasteiger partial charge in [0.2, 0.25) is 5.79 Å². The Kier molecular flexibility index (Phi) is 20.7. The van der Waals surface area contributed by atoms with E-state index in [0.717, 1.165) is 10.5 Å². The molecule has 2 saturated heterocycles. The number of hydrogen-bond donors (Lipinski definition) is 3. The number of carbonyl (C=O) groups is 5.